The van der Waals surface area contributed by atoms with Crippen LogP contribution in [-0.4, -0.2) is 28.7 Å². The van der Waals surface area contributed by atoms with Crippen molar-refractivity contribution in [3.63, 3.8) is 0 Å². The largest absolute Gasteiger partial charge is 0.481 e. The molecule has 0 heterocycles. The van der Waals surface area contributed by atoms with E-state index in [4.69, 9.17) is 5.11 Å². The molecule has 3 N–H and O–H groups in total. The summed E-state index contributed by atoms with van der Waals surface area (Å²) >= 11 is 0. The van der Waals surface area contributed by atoms with E-state index in [0.29, 0.717) is 6.42 Å². The molecule has 3 unspecified atom stereocenters. The summed E-state index contributed by atoms with van der Waals surface area (Å²) in [6, 6.07) is 8.63. The van der Waals surface area contributed by atoms with Gasteiger partial charge in [-0.05, 0) is 12.0 Å². The van der Waals surface area contributed by atoms with Gasteiger partial charge in [0, 0.05) is 0 Å². The van der Waals surface area contributed by atoms with Gasteiger partial charge in [0.2, 0.25) is 5.91 Å². The van der Waals surface area contributed by atoms with Crippen molar-refractivity contribution in [2.24, 2.45) is 11.8 Å². The zero-order valence-electron chi connectivity index (χ0n) is 9.74. The molecule has 1 amide bonds. The van der Waals surface area contributed by atoms with Crippen molar-refractivity contribution < 1.29 is 19.8 Å². The van der Waals surface area contributed by atoms with E-state index in [9.17, 15) is 14.7 Å². The van der Waals surface area contributed by atoms with Crippen LogP contribution in [0.1, 0.15) is 18.0 Å². The maximum absolute atomic E-state index is 11.8. The van der Waals surface area contributed by atoms with Crippen LogP contribution in [0.5, 0.6) is 0 Å². The van der Waals surface area contributed by atoms with Crippen molar-refractivity contribution in [1.82, 2.24) is 5.32 Å². The van der Waals surface area contributed by atoms with Gasteiger partial charge in [0.1, 0.15) is 0 Å². The molecule has 96 valence electrons. The molecule has 5 nitrogen and oxygen atoms in total. The van der Waals surface area contributed by atoms with E-state index < -0.39 is 23.8 Å². The third-order valence-corrected chi connectivity index (χ3v) is 3.15. The van der Waals surface area contributed by atoms with Crippen LogP contribution < -0.4 is 5.32 Å². The smallest absolute Gasteiger partial charge is 0.307 e. The van der Waals surface area contributed by atoms with Crippen molar-refractivity contribution in [3.05, 3.63) is 35.9 Å². The molecule has 0 radical (unpaired) electrons. The second-order valence-corrected chi connectivity index (χ2v) is 4.44. The third-order valence-electron chi connectivity index (χ3n) is 3.15. The van der Waals surface area contributed by atoms with Gasteiger partial charge in [-0.25, -0.2) is 0 Å². The summed E-state index contributed by atoms with van der Waals surface area (Å²) < 4.78 is 0. The Balaban J connectivity index is 1.96. The van der Waals surface area contributed by atoms with Crippen molar-refractivity contribution in [2.75, 3.05) is 6.61 Å². The topological polar surface area (TPSA) is 86.6 Å². The molecule has 0 saturated heterocycles. The SMILES string of the molecule is O=C(O)C1CC1C(=O)NC(CO)c1ccccc1. The summed E-state index contributed by atoms with van der Waals surface area (Å²) in [7, 11) is 0. The van der Waals surface area contributed by atoms with Crippen LogP contribution in [0.15, 0.2) is 30.3 Å². The first-order valence-electron chi connectivity index (χ1n) is 5.82. The molecule has 3 atom stereocenters. The van der Waals surface area contributed by atoms with Gasteiger partial charge in [-0.3, -0.25) is 9.59 Å². The molecular weight excluding hydrogens is 234 g/mol. The molecule has 1 aromatic carbocycles. The average Bonchev–Trinajstić information content (AvgIpc) is 3.17. The predicted octanol–water partition coefficient (Wildman–Crippen LogP) is 0.557. The standard InChI is InChI=1S/C13H15NO4/c15-7-11(8-4-2-1-3-5-8)14-12(16)9-6-10(9)13(17)18/h1-5,9-11,15H,6-7H2,(H,14,16)(H,17,18). The van der Waals surface area contributed by atoms with Gasteiger partial charge in [0.15, 0.2) is 0 Å². The highest BCUT2D eigenvalue weighted by molar-refractivity contribution is 5.89. The second-order valence-electron chi connectivity index (χ2n) is 4.44. The Kier molecular flexibility index (Phi) is 3.62. The lowest BCUT2D eigenvalue weighted by Crippen LogP contribution is -2.32. The summed E-state index contributed by atoms with van der Waals surface area (Å²) in [5, 5.41) is 20.7. The van der Waals surface area contributed by atoms with Crippen molar-refractivity contribution >= 4 is 11.9 Å². The number of carbonyl (C=O) groups excluding carboxylic acids is 1. The first-order valence-corrected chi connectivity index (χ1v) is 5.82. The highest BCUT2D eigenvalue weighted by Crippen LogP contribution is 2.39. The van der Waals surface area contributed by atoms with Gasteiger partial charge in [0.05, 0.1) is 24.5 Å². The lowest BCUT2D eigenvalue weighted by molar-refractivity contribution is -0.140. The van der Waals surface area contributed by atoms with Gasteiger partial charge >= 0.3 is 5.97 Å². The Labute approximate surface area is 104 Å². The Morgan fingerprint density at radius 3 is 2.44 bits per heavy atom. The Morgan fingerprint density at radius 1 is 1.28 bits per heavy atom. The maximum atomic E-state index is 11.8. The predicted molar refractivity (Wildman–Crippen MR) is 63.6 cm³/mol. The maximum Gasteiger partial charge on any atom is 0.307 e. The monoisotopic (exact) mass is 249 g/mol. The summed E-state index contributed by atoms with van der Waals surface area (Å²) in [4.78, 5) is 22.4. The lowest BCUT2D eigenvalue weighted by atomic mass is 10.1. The summed E-state index contributed by atoms with van der Waals surface area (Å²) in [5.74, 6) is -2.26. The number of hydrogen-bond donors (Lipinski definition) is 3. The van der Waals surface area contributed by atoms with Crippen LogP contribution in [0.3, 0.4) is 0 Å². The number of carboxylic acids is 1. The molecule has 18 heavy (non-hydrogen) atoms. The highest BCUT2D eigenvalue weighted by Gasteiger charge is 2.48. The molecule has 1 aliphatic rings. The Bertz CT molecular complexity index is 446. The third kappa shape index (κ3) is 2.68. The number of amides is 1. The number of carbonyl (C=O) groups is 2. The quantitative estimate of drug-likeness (QED) is 0.711. The fourth-order valence-corrected chi connectivity index (χ4v) is 1.96. The minimum Gasteiger partial charge on any atom is -0.481 e. The molecule has 5 heteroatoms. The fraction of sp³-hybridized carbons (Fsp3) is 0.385. The summed E-state index contributed by atoms with van der Waals surface area (Å²) in [5.41, 5.74) is 0.806. The number of benzene rings is 1. The zero-order chi connectivity index (χ0) is 13.1. The lowest BCUT2D eigenvalue weighted by Gasteiger charge is -2.16. The highest BCUT2D eigenvalue weighted by atomic mass is 16.4. The second kappa shape index (κ2) is 5.18. The van der Waals surface area contributed by atoms with E-state index in [0.717, 1.165) is 5.56 Å². The summed E-state index contributed by atoms with van der Waals surface area (Å²) in [6.45, 7) is -0.208. The molecule has 1 saturated carbocycles. The Morgan fingerprint density at radius 2 is 1.94 bits per heavy atom. The van der Waals surface area contributed by atoms with Crippen molar-refractivity contribution in [2.45, 2.75) is 12.5 Å². The van der Waals surface area contributed by atoms with Gasteiger partial charge in [0.25, 0.3) is 0 Å². The molecule has 0 spiro atoms. The number of nitrogens with one attached hydrogen (secondary N) is 1. The molecule has 0 aromatic heterocycles. The summed E-state index contributed by atoms with van der Waals surface area (Å²) in [6.07, 6.45) is 0.383. The van der Waals surface area contributed by atoms with E-state index >= 15 is 0 Å². The van der Waals surface area contributed by atoms with Crippen LogP contribution in [0.25, 0.3) is 0 Å². The van der Waals surface area contributed by atoms with Crippen LogP contribution in [-0.2, 0) is 9.59 Å². The van der Waals surface area contributed by atoms with Gasteiger partial charge in [-0.2, -0.15) is 0 Å². The molecule has 2 rings (SSSR count). The van der Waals surface area contributed by atoms with Gasteiger partial charge < -0.3 is 15.5 Å². The van der Waals surface area contributed by atoms with E-state index in [2.05, 4.69) is 5.32 Å². The number of carboxylic acid groups (broad SMARTS) is 1. The van der Waals surface area contributed by atoms with Gasteiger partial charge in [-0.1, -0.05) is 30.3 Å². The van der Waals surface area contributed by atoms with Crippen LogP contribution in [0, 0.1) is 11.8 Å². The first kappa shape index (κ1) is 12.6. The van der Waals surface area contributed by atoms with Crippen LogP contribution in [0.4, 0.5) is 0 Å². The molecule has 1 aromatic rings. The Hall–Kier alpha value is -1.88. The van der Waals surface area contributed by atoms with E-state index in [1.165, 1.54) is 0 Å². The number of aliphatic hydroxyl groups is 1. The average molecular weight is 249 g/mol. The zero-order valence-corrected chi connectivity index (χ0v) is 9.74. The minimum absolute atomic E-state index is 0.208. The fourth-order valence-electron chi connectivity index (χ4n) is 1.96. The van der Waals surface area contributed by atoms with E-state index in [-0.39, 0.29) is 12.5 Å². The first-order chi connectivity index (χ1) is 8.63. The van der Waals surface area contributed by atoms with E-state index in [1.54, 1.807) is 0 Å². The number of hydrogen-bond acceptors (Lipinski definition) is 3. The van der Waals surface area contributed by atoms with Crippen molar-refractivity contribution in [1.29, 1.82) is 0 Å². The molecule has 1 fully saturated rings. The number of aliphatic hydroxyl groups excluding tert-OH is 1. The molecule has 1 aliphatic carbocycles. The molecule has 0 aliphatic heterocycles. The number of rotatable bonds is 5. The van der Waals surface area contributed by atoms with Crippen LogP contribution in [0.2, 0.25) is 0 Å². The minimum atomic E-state index is -0.935. The van der Waals surface area contributed by atoms with Gasteiger partial charge in [-0.15, -0.1) is 0 Å². The van der Waals surface area contributed by atoms with Crippen LogP contribution >= 0.6 is 0 Å². The number of aliphatic carboxylic acids is 1. The van der Waals surface area contributed by atoms with Crippen molar-refractivity contribution in [3.8, 4) is 0 Å². The molecule has 0 bridgehead atoms. The van der Waals surface area contributed by atoms with E-state index in [1.807, 2.05) is 30.3 Å². The normalized spacial score (nSPS) is 23.2. The molecular formula is C13H15NO4.